The van der Waals surface area contributed by atoms with Gasteiger partial charge in [-0.15, -0.1) is 0 Å². The molecule has 2 aromatic heterocycles. The van der Waals surface area contributed by atoms with Gasteiger partial charge in [-0.25, -0.2) is 0 Å². The van der Waals surface area contributed by atoms with E-state index in [0.29, 0.717) is 12.8 Å². The van der Waals surface area contributed by atoms with Gasteiger partial charge >= 0.3 is 5.97 Å². The van der Waals surface area contributed by atoms with Crippen molar-refractivity contribution in [3.05, 3.63) is 47.3 Å². The summed E-state index contributed by atoms with van der Waals surface area (Å²) in [4.78, 5) is 12.0. The van der Waals surface area contributed by atoms with Crippen LogP contribution >= 0.6 is 0 Å². The van der Waals surface area contributed by atoms with Gasteiger partial charge in [0.05, 0.1) is 36.1 Å². The van der Waals surface area contributed by atoms with E-state index in [0.717, 1.165) is 41.9 Å². The molecule has 0 aromatic carbocycles. The van der Waals surface area contributed by atoms with Crippen molar-refractivity contribution in [3.8, 4) is 0 Å². The van der Waals surface area contributed by atoms with Gasteiger partial charge in [-0.3, -0.25) is 4.79 Å². The van der Waals surface area contributed by atoms with E-state index >= 15 is 0 Å². The number of furan rings is 2. The number of aliphatic hydroxyl groups is 1. The maximum absolute atomic E-state index is 12.0. The van der Waals surface area contributed by atoms with E-state index in [9.17, 15) is 9.90 Å². The minimum atomic E-state index is -0.865. The van der Waals surface area contributed by atoms with Gasteiger partial charge in [0.1, 0.15) is 23.2 Å². The lowest BCUT2D eigenvalue weighted by Crippen LogP contribution is -2.43. The summed E-state index contributed by atoms with van der Waals surface area (Å²) in [6.45, 7) is 6.11. The maximum atomic E-state index is 12.0. The number of aryl methyl sites for hydroxylation is 1. The van der Waals surface area contributed by atoms with Crippen LogP contribution in [0.4, 0.5) is 0 Å². The van der Waals surface area contributed by atoms with Gasteiger partial charge in [0.25, 0.3) is 0 Å². The topological polar surface area (TPSA) is 91.3 Å². The summed E-state index contributed by atoms with van der Waals surface area (Å²) in [5.41, 5.74) is 0.452. The van der Waals surface area contributed by atoms with Crippen molar-refractivity contribution in [2.45, 2.75) is 88.0 Å². The molecule has 5 heterocycles. The van der Waals surface area contributed by atoms with Gasteiger partial charge in [0.2, 0.25) is 0 Å². The van der Waals surface area contributed by atoms with Crippen molar-refractivity contribution in [3.63, 3.8) is 0 Å². The Kier molecular flexibility index (Phi) is 3.45. The summed E-state index contributed by atoms with van der Waals surface area (Å²) in [6, 6.07) is 4.04. The number of hydrogen-bond donors (Lipinski definition) is 1. The summed E-state index contributed by atoms with van der Waals surface area (Å²) < 4.78 is 29.8. The molecule has 170 valence electrons. The van der Waals surface area contributed by atoms with Crippen LogP contribution in [0.25, 0.3) is 0 Å². The molecule has 7 rings (SSSR count). The molecule has 0 bridgehead atoms. The van der Waals surface area contributed by atoms with Crippen molar-refractivity contribution in [1.82, 2.24) is 0 Å². The van der Waals surface area contributed by atoms with Crippen LogP contribution in [0, 0.1) is 11.3 Å². The van der Waals surface area contributed by atoms with E-state index in [1.807, 2.05) is 13.0 Å². The molecule has 0 spiro atoms. The molecule has 7 nitrogen and oxygen atoms in total. The van der Waals surface area contributed by atoms with Gasteiger partial charge in [0.15, 0.2) is 6.29 Å². The molecule has 0 unspecified atom stereocenters. The summed E-state index contributed by atoms with van der Waals surface area (Å²) in [6.07, 6.45) is 5.66. The van der Waals surface area contributed by atoms with Crippen LogP contribution in [0.5, 0.6) is 0 Å². The standard InChI is InChI=1S/C25H28O7/c1-22(2)17(23(3)18(31-22)10-19(26)32-23)9-14-8-15-16(29-14)4-6-24-12-25(15,24)21(27)30-20(24)13-5-7-28-11-13/h5,7-8,11,17-18,20-21,27H,4,6,9-10,12H2,1-3H3/t17-,18+,20-,21+,23+,24+,25+/m0/s1. The van der Waals surface area contributed by atoms with Crippen molar-refractivity contribution in [2.24, 2.45) is 11.3 Å². The summed E-state index contributed by atoms with van der Waals surface area (Å²) in [5.74, 6) is 1.59. The zero-order valence-electron chi connectivity index (χ0n) is 18.6. The average Bonchev–Trinajstić information content (AvgIpc) is 3.20. The van der Waals surface area contributed by atoms with Crippen molar-refractivity contribution < 1.29 is 32.9 Å². The number of rotatable bonds is 3. The van der Waals surface area contributed by atoms with Crippen molar-refractivity contribution in [2.75, 3.05) is 0 Å². The maximum Gasteiger partial charge on any atom is 0.309 e. The summed E-state index contributed by atoms with van der Waals surface area (Å²) in [5, 5.41) is 11.0. The highest BCUT2D eigenvalue weighted by Crippen LogP contribution is 2.81. The first-order chi connectivity index (χ1) is 15.2. The molecule has 1 saturated carbocycles. The molecule has 5 aliphatic rings. The van der Waals surface area contributed by atoms with Crippen LogP contribution in [0.15, 0.2) is 33.5 Å². The van der Waals surface area contributed by atoms with E-state index < -0.39 is 22.9 Å². The van der Waals surface area contributed by atoms with Gasteiger partial charge in [0, 0.05) is 35.3 Å². The Labute approximate surface area is 186 Å². The van der Waals surface area contributed by atoms with E-state index in [4.69, 9.17) is 23.0 Å². The lowest BCUT2D eigenvalue weighted by molar-refractivity contribution is -0.151. The lowest BCUT2D eigenvalue weighted by atomic mass is 9.74. The number of carbonyl (C=O) groups excluding carboxylic acids is 1. The van der Waals surface area contributed by atoms with Gasteiger partial charge in [-0.2, -0.15) is 0 Å². The lowest BCUT2D eigenvalue weighted by Gasteiger charge is -2.32. The van der Waals surface area contributed by atoms with Crippen LogP contribution in [0.3, 0.4) is 0 Å². The van der Waals surface area contributed by atoms with E-state index in [-0.39, 0.29) is 29.5 Å². The van der Waals surface area contributed by atoms with E-state index in [1.54, 1.807) is 12.5 Å². The predicted molar refractivity (Wildman–Crippen MR) is 110 cm³/mol. The average molecular weight is 440 g/mol. The van der Waals surface area contributed by atoms with Gasteiger partial charge in [-0.1, -0.05) is 0 Å². The number of fused-ring (bicyclic) bond motifs is 2. The molecule has 0 amide bonds. The van der Waals surface area contributed by atoms with E-state index in [2.05, 4.69) is 19.9 Å². The fourth-order valence-corrected chi connectivity index (χ4v) is 7.68. The van der Waals surface area contributed by atoms with Crippen molar-refractivity contribution >= 4 is 5.97 Å². The van der Waals surface area contributed by atoms with Crippen LogP contribution in [0.2, 0.25) is 0 Å². The van der Waals surface area contributed by atoms with Crippen molar-refractivity contribution in [1.29, 1.82) is 0 Å². The van der Waals surface area contributed by atoms with E-state index in [1.165, 1.54) is 0 Å². The molecule has 2 aliphatic carbocycles. The first-order valence-electron chi connectivity index (χ1n) is 11.6. The largest absolute Gasteiger partial charge is 0.472 e. The highest BCUT2D eigenvalue weighted by atomic mass is 16.6. The van der Waals surface area contributed by atoms with Crippen LogP contribution < -0.4 is 0 Å². The molecule has 7 heteroatoms. The highest BCUT2D eigenvalue weighted by Gasteiger charge is 2.82. The molecule has 2 aromatic rings. The third-order valence-electron chi connectivity index (χ3n) is 9.24. The molecular formula is C25H28O7. The minimum Gasteiger partial charge on any atom is -0.472 e. The minimum absolute atomic E-state index is 0.0241. The molecule has 32 heavy (non-hydrogen) atoms. The molecule has 0 radical (unpaired) electrons. The molecule has 7 atom stereocenters. The summed E-state index contributed by atoms with van der Waals surface area (Å²) in [7, 11) is 0. The number of ether oxygens (including phenoxy) is 3. The zero-order valence-corrected chi connectivity index (χ0v) is 18.6. The van der Waals surface area contributed by atoms with Crippen LogP contribution in [-0.4, -0.2) is 34.7 Å². The fourth-order valence-electron chi connectivity index (χ4n) is 7.68. The third-order valence-corrected chi connectivity index (χ3v) is 9.24. The normalized spacial score (nSPS) is 45.2. The van der Waals surface area contributed by atoms with Crippen LogP contribution in [0.1, 0.15) is 68.8 Å². The van der Waals surface area contributed by atoms with Crippen LogP contribution in [-0.2, 0) is 37.3 Å². The molecular weight excluding hydrogens is 412 g/mol. The Morgan fingerprint density at radius 3 is 2.88 bits per heavy atom. The first-order valence-corrected chi connectivity index (χ1v) is 11.6. The highest BCUT2D eigenvalue weighted by molar-refractivity contribution is 5.74. The zero-order chi connectivity index (χ0) is 22.1. The monoisotopic (exact) mass is 440 g/mol. The third kappa shape index (κ3) is 2.11. The Hall–Kier alpha value is -2.09. The number of carbonyl (C=O) groups is 1. The second kappa shape index (κ2) is 5.69. The first kappa shape index (κ1) is 19.4. The second-order valence-corrected chi connectivity index (χ2v) is 11.1. The number of hydrogen-bond acceptors (Lipinski definition) is 7. The SMILES string of the molecule is CC1(C)O[C@@H]2CC(=O)O[C@]2(C)[C@H]1Cc1cc2c(o1)CC[C@]13C[C@]21[C@H](O)O[C@H]3c1ccoc1. The number of esters is 1. The quantitative estimate of drug-likeness (QED) is 0.730. The van der Waals surface area contributed by atoms with Gasteiger partial charge < -0.3 is 28.2 Å². The second-order valence-electron chi connectivity index (χ2n) is 11.1. The molecule has 3 aliphatic heterocycles. The Balaban J connectivity index is 1.23. The summed E-state index contributed by atoms with van der Waals surface area (Å²) >= 11 is 0. The smallest absolute Gasteiger partial charge is 0.309 e. The van der Waals surface area contributed by atoms with Gasteiger partial charge in [-0.05, 0) is 45.7 Å². The fraction of sp³-hybridized carbons (Fsp3) is 0.640. The predicted octanol–water partition coefficient (Wildman–Crippen LogP) is 3.58. The molecule has 1 N–H and O–H groups in total. The Bertz CT molecular complexity index is 1120. The number of aliphatic hydroxyl groups excluding tert-OH is 1. The molecule has 4 fully saturated rings. The molecule has 3 saturated heterocycles. The Morgan fingerprint density at radius 2 is 2.09 bits per heavy atom. The Morgan fingerprint density at radius 1 is 1.25 bits per heavy atom.